The zero-order chi connectivity index (χ0) is 13.8. The number of rotatable bonds is 2. The van der Waals surface area contributed by atoms with Crippen LogP contribution in [0, 0.1) is 6.92 Å². The van der Waals surface area contributed by atoms with Crippen LogP contribution in [0.3, 0.4) is 0 Å². The summed E-state index contributed by atoms with van der Waals surface area (Å²) < 4.78 is 2.24. The molecular weight excluding hydrogens is 236 g/mol. The van der Waals surface area contributed by atoms with E-state index >= 15 is 0 Å². The van der Waals surface area contributed by atoms with Gasteiger partial charge in [-0.3, -0.25) is 0 Å². The molecule has 1 aromatic heterocycles. The summed E-state index contributed by atoms with van der Waals surface area (Å²) in [6.45, 7) is 8.48. The Kier molecular flexibility index (Phi) is 2.72. The van der Waals surface area contributed by atoms with Gasteiger partial charge in [-0.15, -0.1) is 0 Å². The lowest BCUT2D eigenvalue weighted by molar-refractivity contribution is -0.0498. The van der Waals surface area contributed by atoms with Crippen molar-refractivity contribution in [3.8, 4) is 0 Å². The Morgan fingerprint density at radius 3 is 2.63 bits per heavy atom. The monoisotopic (exact) mass is 258 g/mol. The van der Waals surface area contributed by atoms with E-state index < -0.39 is 5.60 Å². The summed E-state index contributed by atoms with van der Waals surface area (Å²) in [6, 6.07) is 4.85. The largest absolute Gasteiger partial charge is 0.390 e. The summed E-state index contributed by atoms with van der Waals surface area (Å²) in [5, 5.41) is 9.91. The Labute approximate surface area is 114 Å². The summed E-state index contributed by atoms with van der Waals surface area (Å²) in [5.41, 5.74) is 4.44. The lowest BCUT2D eigenvalue weighted by atomic mass is 9.77. The highest BCUT2D eigenvalue weighted by molar-refractivity contribution is 5.80. The number of hydrogen-bond donors (Lipinski definition) is 1. The van der Waals surface area contributed by atoms with E-state index in [1.807, 2.05) is 13.3 Å². The molecule has 1 aromatic carbocycles. The van der Waals surface area contributed by atoms with Crippen molar-refractivity contribution < 1.29 is 5.11 Å². The molecule has 19 heavy (non-hydrogen) atoms. The van der Waals surface area contributed by atoms with Crippen LogP contribution in [0.4, 0.5) is 0 Å². The molecule has 1 saturated carbocycles. The Morgan fingerprint density at radius 1 is 1.37 bits per heavy atom. The van der Waals surface area contributed by atoms with Gasteiger partial charge in [0, 0.05) is 6.04 Å². The molecule has 1 heterocycles. The molecule has 3 heteroatoms. The van der Waals surface area contributed by atoms with Crippen molar-refractivity contribution in [2.24, 2.45) is 0 Å². The first-order valence-electron chi connectivity index (χ1n) is 7.07. The third-order valence-electron chi connectivity index (χ3n) is 4.29. The van der Waals surface area contributed by atoms with Crippen LogP contribution in [0.2, 0.25) is 0 Å². The maximum atomic E-state index is 9.91. The van der Waals surface area contributed by atoms with Gasteiger partial charge in [-0.25, -0.2) is 4.98 Å². The second kappa shape index (κ2) is 4.07. The normalized spacial score (nSPS) is 26.9. The zero-order valence-corrected chi connectivity index (χ0v) is 12.1. The predicted molar refractivity (Wildman–Crippen MR) is 77.5 cm³/mol. The first kappa shape index (κ1) is 12.7. The van der Waals surface area contributed by atoms with Crippen molar-refractivity contribution in [2.45, 2.75) is 58.1 Å². The molecule has 0 radical (unpaired) electrons. The van der Waals surface area contributed by atoms with Crippen LogP contribution in [0.25, 0.3) is 11.0 Å². The molecular formula is C16H22N2O. The van der Waals surface area contributed by atoms with Crippen molar-refractivity contribution in [3.63, 3.8) is 0 Å². The summed E-state index contributed by atoms with van der Waals surface area (Å²) in [4.78, 5) is 4.55. The fourth-order valence-corrected chi connectivity index (χ4v) is 3.17. The van der Waals surface area contributed by atoms with Gasteiger partial charge in [0.2, 0.25) is 0 Å². The van der Waals surface area contributed by atoms with E-state index in [0.717, 1.165) is 18.4 Å². The molecule has 0 atom stereocenters. The van der Waals surface area contributed by atoms with Crippen molar-refractivity contribution >= 4 is 11.0 Å². The molecule has 0 unspecified atom stereocenters. The highest BCUT2D eigenvalue weighted by atomic mass is 16.3. The number of aryl methyl sites for hydroxylation is 1. The van der Waals surface area contributed by atoms with Crippen LogP contribution in [-0.4, -0.2) is 20.3 Å². The summed E-state index contributed by atoms with van der Waals surface area (Å²) in [5.74, 6) is 0.526. The van der Waals surface area contributed by atoms with Gasteiger partial charge in [0.1, 0.15) is 0 Å². The Balaban J connectivity index is 2.04. The number of nitrogens with zero attached hydrogens (tertiary/aromatic N) is 2. The quantitative estimate of drug-likeness (QED) is 0.894. The number of fused-ring (bicyclic) bond motifs is 1. The molecule has 0 spiro atoms. The standard InChI is InChI=1S/C16H22N2O/c1-10(2)12-5-11(3)15-14(6-12)17-9-18(15)13-7-16(4,19)8-13/h5-6,9-10,13,19H,7-8H2,1-4H3. The van der Waals surface area contributed by atoms with Gasteiger partial charge in [0.05, 0.1) is 23.0 Å². The van der Waals surface area contributed by atoms with E-state index in [2.05, 4.69) is 42.5 Å². The SMILES string of the molecule is Cc1cc(C(C)C)cc2ncn(C3CC(C)(O)C3)c12. The minimum Gasteiger partial charge on any atom is -0.390 e. The van der Waals surface area contributed by atoms with E-state index in [1.165, 1.54) is 16.6 Å². The van der Waals surface area contributed by atoms with Crippen LogP contribution < -0.4 is 0 Å². The number of benzene rings is 1. The Hall–Kier alpha value is -1.35. The van der Waals surface area contributed by atoms with Gasteiger partial charge in [-0.1, -0.05) is 19.9 Å². The van der Waals surface area contributed by atoms with Gasteiger partial charge >= 0.3 is 0 Å². The maximum absolute atomic E-state index is 9.91. The third kappa shape index (κ3) is 2.06. The number of aromatic nitrogens is 2. The van der Waals surface area contributed by atoms with Gasteiger partial charge in [-0.05, 0) is 49.8 Å². The zero-order valence-electron chi connectivity index (χ0n) is 12.1. The predicted octanol–water partition coefficient (Wildman–Crippen LogP) is 3.55. The van der Waals surface area contributed by atoms with Gasteiger partial charge in [0.25, 0.3) is 0 Å². The fraction of sp³-hybridized carbons (Fsp3) is 0.562. The van der Waals surface area contributed by atoms with Crippen LogP contribution in [0.15, 0.2) is 18.5 Å². The van der Waals surface area contributed by atoms with E-state index in [-0.39, 0.29) is 0 Å². The molecule has 1 fully saturated rings. The third-order valence-corrected chi connectivity index (χ3v) is 4.29. The van der Waals surface area contributed by atoms with Crippen molar-refractivity contribution in [3.05, 3.63) is 29.6 Å². The second-order valence-corrected chi connectivity index (χ2v) is 6.57. The van der Waals surface area contributed by atoms with Crippen LogP contribution in [0.1, 0.15) is 56.7 Å². The van der Waals surface area contributed by atoms with E-state index in [9.17, 15) is 5.11 Å². The highest BCUT2D eigenvalue weighted by Gasteiger charge is 2.39. The molecule has 3 rings (SSSR count). The van der Waals surface area contributed by atoms with Crippen LogP contribution >= 0.6 is 0 Å². The van der Waals surface area contributed by atoms with Crippen LogP contribution in [0.5, 0.6) is 0 Å². The molecule has 0 saturated heterocycles. The minimum absolute atomic E-state index is 0.392. The lowest BCUT2D eigenvalue weighted by Gasteiger charge is -2.41. The van der Waals surface area contributed by atoms with Gasteiger partial charge in [0.15, 0.2) is 0 Å². The van der Waals surface area contributed by atoms with E-state index in [1.54, 1.807) is 0 Å². The number of aliphatic hydroxyl groups is 1. The average molecular weight is 258 g/mol. The van der Waals surface area contributed by atoms with Crippen molar-refractivity contribution in [2.75, 3.05) is 0 Å². The summed E-state index contributed by atoms with van der Waals surface area (Å²) >= 11 is 0. The molecule has 0 amide bonds. The molecule has 1 aliphatic carbocycles. The van der Waals surface area contributed by atoms with Crippen molar-refractivity contribution in [1.82, 2.24) is 9.55 Å². The van der Waals surface area contributed by atoms with Gasteiger partial charge in [-0.2, -0.15) is 0 Å². The Bertz CT molecular complexity index is 617. The second-order valence-electron chi connectivity index (χ2n) is 6.57. The first-order valence-corrected chi connectivity index (χ1v) is 7.07. The Morgan fingerprint density at radius 2 is 2.05 bits per heavy atom. The van der Waals surface area contributed by atoms with Crippen molar-refractivity contribution in [1.29, 1.82) is 0 Å². The number of imidazole rings is 1. The highest BCUT2D eigenvalue weighted by Crippen LogP contribution is 2.42. The molecule has 3 nitrogen and oxygen atoms in total. The molecule has 0 bridgehead atoms. The van der Waals surface area contributed by atoms with Gasteiger partial charge < -0.3 is 9.67 Å². The maximum Gasteiger partial charge on any atom is 0.0961 e. The average Bonchev–Trinajstić information content (AvgIpc) is 2.69. The molecule has 1 aliphatic rings. The van der Waals surface area contributed by atoms with E-state index in [4.69, 9.17) is 0 Å². The smallest absolute Gasteiger partial charge is 0.0961 e. The molecule has 102 valence electrons. The molecule has 1 N–H and O–H groups in total. The summed E-state index contributed by atoms with van der Waals surface area (Å²) in [7, 11) is 0. The lowest BCUT2D eigenvalue weighted by Crippen LogP contribution is -2.41. The minimum atomic E-state index is -0.493. The fourth-order valence-electron chi connectivity index (χ4n) is 3.17. The summed E-state index contributed by atoms with van der Waals surface area (Å²) in [6.07, 6.45) is 3.58. The van der Waals surface area contributed by atoms with Crippen LogP contribution in [-0.2, 0) is 0 Å². The molecule has 2 aromatic rings. The number of hydrogen-bond acceptors (Lipinski definition) is 2. The first-order chi connectivity index (χ1) is 8.87. The molecule has 0 aliphatic heterocycles. The van der Waals surface area contributed by atoms with E-state index in [0.29, 0.717) is 12.0 Å². The topological polar surface area (TPSA) is 38.0 Å².